The van der Waals surface area contributed by atoms with E-state index < -0.39 is 5.97 Å². The van der Waals surface area contributed by atoms with Crippen LogP contribution in [0.2, 0.25) is 0 Å². The van der Waals surface area contributed by atoms with E-state index in [1.54, 1.807) is 6.08 Å². The lowest BCUT2D eigenvalue weighted by atomic mass is 9.87. The topological polar surface area (TPSA) is 96.4 Å². The zero-order chi connectivity index (χ0) is 25.2. The number of rotatable bonds is 11. The van der Waals surface area contributed by atoms with Crippen molar-refractivity contribution >= 4 is 35.1 Å². The molecule has 0 spiro atoms. The van der Waals surface area contributed by atoms with Gasteiger partial charge in [-0.25, -0.2) is 4.79 Å². The molecule has 0 aliphatic heterocycles. The highest BCUT2D eigenvalue weighted by atomic mass is 16.5. The largest absolute Gasteiger partial charge is 0.494 e. The highest BCUT2D eigenvalue weighted by Crippen LogP contribution is 2.36. The molecular formula is C30H32N2O3. The Bertz CT molecular complexity index is 1220. The second kappa shape index (κ2) is 12.4. The first kappa shape index (κ1) is 25.5. The molecule has 0 radical (unpaired) electrons. The van der Waals surface area contributed by atoms with E-state index in [4.69, 9.17) is 21.0 Å². The third-order valence-corrected chi connectivity index (χ3v) is 5.77. The number of carbonyl (C=O) groups is 1. The summed E-state index contributed by atoms with van der Waals surface area (Å²) in [6.07, 6.45) is 6.87. The third-order valence-electron chi connectivity index (χ3n) is 5.77. The van der Waals surface area contributed by atoms with Gasteiger partial charge >= 0.3 is 5.97 Å². The molecule has 5 nitrogen and oxygen atoms in total. The molecule has 0 unspecified atom stereocenters. The van der Waals surface area contributed by atoms with Crippen LogP contribution in [0, 0.1) is 5.41 Å². The smallest absolute Gasteiger partial charge is 0.328 e. The maximum absolute atomic E-state index is 10.9. The quantitative estimate of drug-likeness (QED) is 0.0936. The van der Waals surface area contributed by atoms with Crippen molar-refractivity contribution in [3.63, 3.8) is 0 Å². The van der Waals surface area contributed by atoms with E-state index in [1.807, 2.05) is 54.6 Å². The number of unbranched alkanes of at least 4 members (excludes halogenated alkanes) is 1. The van der Waals surface area contributed by atoms with Gasteiger partial charge in [-0.2, -0.15) is 0 Å². The van der Waals surface area contributed by atoms with Crippen LogP contribution in [0.1, 0.15) is 60.9 Å². The lowest BCUT2D eigenvalue weighted by Crippen LogP contribution is -1.99. The molecule has 4 N–H and O–H groups in total. The van der Waals surface area contributed by atoms with Crippen molar-refractivity contribution in [1.29, 1.82) is 5.41 Å². The average molecular weight is 469 g/mol. The number of nitrogens with two attached hydrogens (primary N) is 1. The zero-order valence-electron chi connectivity index (χ0n) is 20.3. The average Bonchev–Trinajstić information content (AvgIpc) is 2.87. The van der Waals surface area contributed by atoms with Gasteiger partial charge in [-0.15, -0.1) is 0 Å². The van der Waals surface area contributed by atoms with Crippen molar-refractivity contribution in [2.75, 3.05) is 12.3 Å². The number of aliphatic carboxylic acids is 1. The van der Waals surface area contributed by atoms with Crippen LogP contribution in [0.25, 0.3) is 17.2 Å². The lowest BCUT2D eigenvalue weighted by molar-refractivity contribution is -0.131. The molecule has 180 valence electrons. The summed E-state index contributed by atoms with van der Waals surface area (Å²) in [6, 6.07) is 21.7. The summed E-state index contributed by atoms with van der Waals surface area (Å²) in [5.41, 5.74) is 13.3. The van der Waals surface area contributed by atoms with Crippen LogP contribution in [0.3, 0.4) is 0 Å². The van der Waals surface area contributed by atoms with Crippen LogP contribution in [-0.2, 0) is 4.79 Å². The van der Waals surface area contributed by atoms with Crippen LogP contribution in [0.15, 0.2) is 72.8 Å². The van der Waals surface area contributed by atoms with E-state index in [0.29, 0.717) is 17.9 Å². The second-order valence-electron chi connectivity index (χ2n) is 8.22. The van der Waals surface area contributed by atoms with E-state index in [-0.39, 0.29) is 0 Å². The fraction of sp³-hybridized carbons (Fsp3) is 0.200. The summed E-state index contributed by atoms with van der Waals surface area (Å²) in [4.78, 5) is 10.9. The minimum atomic E-state index is -0.980. The third kappa shape index (κ3) is 6.70. The van der Waals surface area contributed by atoms with Gasteiger partial charge in [-0.05, 0) is 76.6 Å². The van der Waals surface area contributed by atoms with E-state index in [9.17, 15) is 4.79 Å². The molecular weight excluding hydrogens is 436 g/mol. The number of allylic oxidation sites excluding steroid dienone is 1. The number of anilines is 1. The Kier molecular flexibility index (Phi) is 9.02. The van der Waals surface area contributed by atoms with Gasteiger partial charge in [0.2, 0.25) is 0 Å². The molecule has 0 amide bonds. The summed E-state index contributed by atoms with van der Waals surface area (Å²) < 4.78 is 5.84. The Hall–Kier alpha value is -4.12. The summed E-state index contributed by atoms with van der Waals surface area (Å²) in [7, 11) is 0. The van der Waals surface area contributed by atoms with Gasteiger partial charge in [-0.3, -0.25) is 0 Å². The second-order valence-corrected chi connectivity index (χ2v) is 8.22. The number of nitrogens with one attached hydrogen (secondary N) is 1. The molecule has 0 aromatic heterocycles. The minimum Gasteiger partial charge on any atom is -0.494 e. The highest BCUT2D eigenvalue weighted by Gasteiger charge is 2.14. The number of hydrogen-bond donors (Lipinski definition) is 3. The predicted octanol–water partition coefficient (Wildman–Crippen LogP) is 6.91. The van der Waals surface area contributed by atoms with Crippen LogP contribution in [0.5, 0.6) is 5.75 Å². The van der Waals surface area contributed by atoms with Gasteiger partial charge in [0.1, 0.15) is 5.75 Å². The molecule has 0 heterocycles. The molecule has 3 aromatic carbocycles. The minimum absolute atomic E-state index is 0.559. The number of nitrogen functional groups attached to an aromatic ring is 1. The Morgan fingerprint density at radius 1 is 0.971 bits per heavy atom. The monoisotopic (exact) mass is 468 g/mol. The van der Waals surface area contributed by atoms with Gasteiger partial charge in [0.05, 0.1) is 6.61 Å². The van der Waals surface area contributed by atoms with Crippen LogP contribution in [-0.4, -0.2) is 23.9 Å². The molecule has 0 atom stereocenters. The Morgan fingerprint density at radius 2 is 1.63 bits per heavy atom. The van der Waals surface area contributed by atoms with Crippen molar-refractivity contribution in [3.8, 4) is 5.75 Å². The summed E-state index contributed by atoms with van der Waals surface area (Å²) in [5.74, 6) is -0.126. The molecule has 0 fully saturated rings. The standard InChI is InChI=1S/C30H32N2O3/c1-3-5-18-35-26-14-11-22(12-15-26)27(4-2)30(24-13-16-28(32)25(19-24)20-31)23-9-6-21(7-10-23)8-17-29(33)34/h6-17,19-20,31H,3-5,18,32H2,1-2H3,(H,33,34)/b17-8+,30-27+,31-20?. The molecule has 0 saturated heterocycles. The molecule has 3 rings (SSSR count). The molecule has 0 aliphatic carbocycles. The number of benzene rings is 3. The Morgan fingerprint density at radius 3 is 2.23 bits per heavy atom. The molecule has 3 aromatic rings. The molecule has 0 bridgehead atoms. The molecule has 5 heteroatoms. The highest BCUT2D eigenvalue weighted by molar-refractivity contribution is 6.00. The molecule has 0 aliphatic rings. The van der Waals surface area contributed by atoms with Crippen LogP contribution in [0.4, 0.5) is 5.69 Å². The summed E-state index contributed by atoms with van der Waals surface area (Å²) in [6.45, 7) is 4.97. The SMILES string of the molecule is CCCCOc1ccc(/C(CC)=C(\c2ccc(/C=C/C(=O)O)cc2)c2ccc(N)c(C=N)c2)cc1. The van der Waals surface area contributed by atoms with Gasteiger partial charge in [-0.1, -0.05) is 62.7 Å². The van der Waals surface area contributed by atoms with Gasteiger partial charge in [0.25, 0.3) is 0 Å². The van der Waals surface area contributed by atoms with Crippen LogP contribution < -0.4 is 10.5 Å². The first-order valence-corrected chi connectivity index (χ1v) is 11.8. The lowest BCUT2D eigenvalue weighted by Gasteiger charge is -2.18. The van der Waals surface area contributed by atoms with E-state index in [0.717, 1.165) is 64.5 Å². The number of ether oxygens (including phenoxy) is 1. The van der Waals surface area contributed by atoms with Crippen LogP contribution >= 0.6 is 0 Å². The summed E-state index contributed by atoms with van der Waals surface area (Å²) >= 11 is 0. The number of carboxylic acids is 1. The Labute approximate surface area is 207 Å². The fourth-order valence-electron chi connectivity index (χ4n) is 3.91. The van der Waals surface area contributed by atoms with E-state index in [2.05, 4.69) is 26.0 Å². The summed E-state index contributed by atoms with van der Waals surface area (Å²) in [5, 5.41) is 16.7. The van der Waals surface area contributed by atoms with Gasteiger partial charge in [0.15, 0.2) is 0 Å². The normalized spacial score (nSPS) is 11.8. The molecule has 0 saturated carbocycles. The van der Waals surface area contributed by atoms with Gasteiger partial charge < -0.3 is 21.0 Å². The maximum atomic E-state index is 10.9. The van der Waals surface area contributed by atoms with Crippen molar-refractivity contribution in [1.82, 2.24) is 0 Å². The zero-order valence-corrected chi connectivity index (χ0v) is 20.3. The fourth-order valence-corrected chi connectivity index (χ4v) is 3.91. The predicted molar refractivity (Wildman–Crippen MR) is 145 cm³/mol. The Balaban J connectivity index is 2.12. The van der Waals surface area contributed by atoms with Crippen molar-refractivity contribution in [3.05, 3.63) is 101 Å². The van der Waals surface area contributed by atoms with Crippen molar-refractivity contribution in [2.24, 2.45) is 0 Å². The first-order chi connectivity index (χ1) is 17.0. The number of hydrogen-bond acceptors (Lipinski definition) is 4. The number of carboxylic acid groups (broad SMARTS) is 1. The van der Waals surface area contributed by atoms with Crippen molar-refractivity contribution in [2.45, 2.75) is 33.1 Å². The van der Waals surface area contributed by atoms with E-state index in [1.165, 1.54) is 6.21 Å². The van der Waals surface area contributed by atoms with Crippen molar-refractivity contribution < 1.29 is 14.6 Å². The maximum Gasteiger partial charge on any atom is 0.328 e. The molecule has 35 heavy (non-hydrogen) atoms. The van der Waals surface area contributed by atoms with Gasteiger partial charge in [0, 0.05) is 23.5 Å². The first-order valence-electron chi connectivity index (χ1n) is 11.8. The van der Waals surface area contributed by atoms with E-state index >= 15 is 0 Å².